The third-order valence-corrected chi connectivity index (χ3v) is 14.3. The number of carbonyl (C=O) groups excluding carboxylic acids is 1. The normalized spacial score (nSPS) is 48.7. The predicted molar refractivity (Wildman–Crippen MR) is 230 cm³/mol. The van der Waals surface area contributed by atoms with Gasteiger partial charge in [-0.05, 0) is 69.9 Å². The summed E-state index contributed by atoms with van der Waals surface area (Å²) in [5.41, 5.74) is 0.176. The van der Waals surface area contributed by atoms with Crippen molar-refractivity contribution in [3.63, 3.8) is 0 Å². The molecule has 4 saturated heterocycles. The fraction of sp³-hybridized carbons (Fsp3) is 0.771. The third-order valence-electron chi connectivity index (χ3n) is 14.3. The molecule has 1 spiro atoms. The van der Waals surface area contributed by atoms with Gasteiger partial charge in [0.15, 0.2) is 18.4 Å². The smallest absolute Gasteiger partial charge is 0.316 e. The van der Waals surface area contributed by atoms with Gasteiger partial charge in [0.05, 0.1) is 55.4 Å². The van der Waals surface area contributed by atoms with Gasteiger partial charge in [0.25, 0.3) is 0 Å². The summed E-state index contributed by atoms with van der Waals surface area (Å²) in [6.07, 6.45) is 9.72. The molecule has 3 N–H and O–H groups in total. The molecular weight excluding hydrogens is 799 g/mol. The summed E-state index contributed by atoms with van der Waals surface area (Å²) in [5.74, 6) is -2.56. The Balaban J connectivity index is 1.17. The van der Waals surface area contributed by atoms with Crippen molar-refractivity contribution in [2.45, 2.75) is 185 Å². The van der Waals surface area contributed by atoms with Gasteiger partial charge >= 0.3 is 5.97 Å². The molecular formula is C48H73NO13. The van der Waals surface area contributed by atoms with Gasteiger partial charge in [-0.15, -0.1) is 0 Å². The van der Waals surface area contributed by atoms with Gasteiger partial charge in [0.2, 0.25) is 0 Å². The first-order valence-corrected chi connectivity index (χ1v) is 22.9. The largest absolute Gasteiger partial charge is 0.462 e. The van der Waals surface area contributed by atoms with Crippen molar-refractivity contribution < 1.29 is 62.4 Å². The van der Waals surface area contributed by atoms with Gasteiger partial charge < -0.3 is 62.9 Å². The maximum atomic E-state index is 14.3. The van der Waals surface area contributed by atoms with Crippen molar-refractivity contribution in [2.24, 2.45) is 23.7 Å². The number of carbonyl (C=O) groups is 1. The lowest BCUT2D eigenvalue weighted by atomic mass is 9.71. The molecule has 0 radical (unpaired) electrons. The molecule has 4 fully saturated rings. The number of rotatable bonds is 8. The molecule has 7 rings (SSSR count). The van der Waals surface area contributed by atoms with E-state index in [4.69, 9.17) is 47.4 Å². The second-order valence-corrected chi connectivity index (χ2v) is 19.1. The molecule has 0 amide bonds. The number of likely N-dealkylation sites (N-methyl/N-ethyl adjacent to an activating group) is 1. The third kappa shape index (κ3) is 9.64. The Bertz CT molecular complexity index is 1730. The van der Waals surface area contributed by atoms with Crippen molar-refractivity contribution >= 4 is 5.97 Å². The lowest BCUT2D eigenvalue weighted by Crippen LogP contribution is -2.58. The van der Waals surface area contributed by atoms with E-state index in [9.17, 15) is 15.0 Å². The van der Waals surface area contributed by atoms with Crippen LogP contribution in [-0.2, 0) is 52.2 Å². The molecule has 0 aromatic carbocycles. The Kier molecular flexibility index (Phi) is 15.1. The van der Waals surface area contributed by atoms with Crippen LogP contribution in [0.3, 0.4) is 0 Å². The summed E-state index contributed by atoms with van der Waals surface area (Å²) in [6.45, 7) is 16.3. The first kappa shape index (κ1) is 47.6. The van der Waals surface area contributed by atoms with Crippen LogP contribution in [0.1, 0.15) is 87.5 Å². The zero-order valence-corrected chi connectivity index (χ0v) is 38.6. The minimum Gasteiger partial charge on any atom is -0.462 e. The van der Waals surface area contributed by atoms with Crippen molar-refractivity contribution in [1.82, 2.24) is 5.32 Å². The Hall–Kier alpha value is -2.31. The van der Waals surface area contributed by atoms with Crippen LogP contribution in [0.25, 0.3) is 0 Å². The lowest BCUT2D eigenvalue weighted by molar-refractivity contribution is -0.312. The van der Waals surface area contributed by atoms with Crippen molar-refractivity contribution in [3.05, 3.63) is 59.3 Å². The zero-order valence-electron chi connectivity index (χ0n) is 38.6. The molecule has 0 aromatic rings. The molecule has 348 valence electrons. The topological polar surface area (TPSA) is 162 Å². The van der Waals surface area contributed by atoms with Gasteiger partial charge in [0, 0.05) is 51.7 Å². The number of allylic oxidation sites excluding steroid dienone is 2. The van der Waals surface area contributed by atoms with E-state index < -0.39 is 66.4 Å². The Morgan fingerprint density at radius 2 is 1.60 bits per heavy atom. The number of methoxy groups -OCH3 is 2. The Morgan fingerprint density at radius 3 is 2.31 bits per heavy atom. The van der Waals surface area contributed by atoms with Gasteiger partial charge in [-0.3, -0.25) is 4.79 Å². The number of aliphatic hydroxyl groups excluding tert-OH is 1. The van der Waals surface area contributed by atoms with Crippen molar-refractivity contribution in [1.29, 1.82) is 0 Å². The van der Waals surface area contributed by atoms with Crippen LogP contribution in [0.4, 0.5) is 0 Å². The lowest BCUT2D eigenvalue weighted by Gasteiger charge is -2.48. The average Bonchev–Trinajstić information content (AvgIpc) is 3.57. The van der Waals surface area contributed by atoms with Crippen LogP contribution in [-0.4, -0.2) is 141 Å². The first-order chi connectivity index (χ1) is 29.5. The highest BCUT2D eigenvalue weighted by Gasteiger charge is 2.60. The van der Waals surface area contributed by atoms with Crippen LogP contribution in [0.5, 0.6) is 0 Å². The molecule has 1 aliphatic carbocycles. The van der Waals surface area contributed by atoms with Crippen molar-refractivity contribution in [3.8, 4) is 0 Å². The molecule has 19 atom stereocenters. The van der Waals surface area contributed by atoms with Crippen molar-refractivity contribution in [2.75, 3.05) is 27.9 Å². The minimum atomic E-state index is -1.83. The quantitative estimate of drug-likeness (QED) is 0.215. The second kappa shape index (κ2) is 19.7. The van der Waals surface area contributed by atoms with E-state index in [1.54, 1.807) is 33.3 Å². The SMILES string of the molecule is CN[C@@H]1[C@H](C)O[C@@H](O[C@@H]2[C@H](C)O[C@@H](O[C@@H]3/C(C)=C/C[C@@H]4C[C@@H](C[C@]5(C=C[C@H](C)[C@@H](C(C)C)O5)O4)OC(=O)[C@@H]4C=C(C)[C@@H](O)[C@H]5OC/C(=C\C=C\[C@@H]3C)[C@]54O)C[C@@H]2OC)C[C@@H]1OC. The number of esters is 1. The van der Waals surface area contributed by atoms with Crippen LogP contribution >= 0.6 is 0 Å². The average molecular weight is 872 g/mol. The van der Waals surface area contributed by atoms with Crippen LogP contribution in [0, 0.1) is 23.7 Å². The summed E-state index contributed by atoms with van der Waals surface area (Å²) >= 11 is 0. The van der Waals surface area contributed by atoms with E-state index in [0.29, 0.717) is 43.3 Å². The fourth-order valence-electron chi connectivity index (χ4n) is 10.9. The van der Waals surface area contributed by atoms with E-state index >= 15 is 0 Å². The summed E-state index contributed by atoms with van der Waals surface area (Å²) in [7, 11) is 5.30. The summed E-state index contributed by atoms with van der Waals surface area (Å²) in [4.78, 5) is 14.3. The minimum absolute atomic E-state index is 0.0407. The number of fused-ring (bicyclic) bond motifs is 2. The maximum absolute atomic E-state index is 14.3. The molecule has 6 heterocycles. The van der Waals surface area contributed by atoms with Gasteiger partial charge in [-0.25, -0.2) is 0 Å². The van der Waals surface area contributed by atoms with Gasteiger partial charge in [-0.1, -0.05) is 64.2 Å². The highest BCUT2D eigenvalue weighted by Crippen LogP contribution is 2.47. The number of hydrogen-bond acceptors (Lipinski definition) is 14. The van der Waals surface area contributed by atoms with E-state index in [0.717, 1.165) is 5.57 Å². The molecule has 7 aliphatic rings. The fourth-order valence-corrected chi connectivity index (χ4v) is 10.9. The highest BCUT2D eigenvalue weighted by atomic mass is 16.7. The Morgan fingerprint density at radius 1 is 0.887 bits per heavy atom. The predicted octanol–water partition coefficient (Wildman–Crippen LogP) is 5.21. The second-order valence-electron chi connectivity index (χ2n) is 19.1. The molecule has 2 bridgehead atoms. The summed E-state index contributed by atoms with van der Waals surface area (Å²) in [5, 5.41) is 27.0. The van der Waals surface area contributed by atoms with Gasteiger partial charge in [0.1, 0.15) is 35.9 Å². The molecule has 6 aliphatic heterocycles. The Labute approximate surface area is 368 Å². The van der Waals surface area contributed by atoms with E-state index in [-0.39, 0.29) is 67.0 Å². The standard InChI is InChI=1S/C48H73NO13/c1-25(2)42-28(5)17-18-47(62-42)23-34-20-33(61-47)16-15-27(4)43(26(3)13-12-14-32-24-55-45-41(50)29(6)19-35(46(51)58-34)48(32,45)52)59-39-22-37(54-11)44(31(8)57-39)60-38-21-36(53-10)40(49-9)30(7)56-38/h12-15,17-19,25-26,28,30-31,33-45,49-50,52H,16,20-24H2,1-11H3/b13-12+,27-15+,32-14+/t26-,28-,30-,31-,33+,34-,35-,36-,37-,38-,39-,40+,41+,42+,43-,44+,45+,47+,48+/m0/s1. The van der Waals surface area contributed by atoms with E-state index in [1.165, 1.54) is 0 Å². The highest BCUT2D eigenvalue weighted by molar-refractivity contribution is 5.78. The molecule has 0 unspecified atom stereocenters. The number of hydrogen-bond donors (Lipinski definition) is 3. The molecule has 62 heavy (non-hydrogen) atoms. The molecule has 0 aromatic heterocycles. The maximum Gasteiger partial charge on any atom is 0.316 e. The first-order valence-electron chi connectivity index (χ1n) is 22.9. The van der Waals surface area contributed by atoms with Crippen LogP contribution in [0.2, 0.25) is 0 Å². The number of ether oxygens (including phenoxy) is 10. The zero-order chi connectivity index (χ0) is 44.7. The monoisotopic (exact) mass is 872 g/mol. The van der Waals surface area contributed by atoms with Crippen LogP contribution < -0.4 is 5.32 Å². The number of aliphatic hydroxyl groups is 2. The molecule has 14 nitrogen and oxygen atoms in total. The summed E-state index contributed by atoms with van der Waals surface area (Å²) in [6, 6.07) is 0.0445. The van der Waals surface area contributed by atoms with Gasteiger partial charge in [-0.2, -0.15) is 0 Å². The number of nitrogens with one attached hydrogen (secondary N) is 1. The molecule has 0 saturated carbocycles. The summed E-state index contributed by atoms with van der Waals surface area (Å²) < 4.78 is 64.3. The molecule has 14 heteroatoms. The van der Waals surface area contributed by atoms with Crippen LogP contribution in [0.15, 0.2) is 59.3 Å². The van der Waals surface area contributed by atoms with E-state index in [1.807, 2.05) is 39.1 Å². The van der Waals surface area contributed by atoms with E-state index in [2.05, 4.69) is 52.1 Å².